The number of allylic oxidation sites excluding steroid dienone is 4. The van der Waals surface area contributed by atoms with Gasteiger partial charge in [0.15, 0.2) is 0 Å². The molecule has 1 aromatic carbocycles. The highest BCUT2D eigenvalue weighted by Gasteiger charge is 2.24. The van der Waals surface area contributed by atoms with Crippen molar-refractivity contribution in [2.75, 3.05) is 18.0 Å². The van der Waals surface area contributed by atoms with E-state index >= 15 is 0 Å². The van der Waals surface area contributed by atoms with E-state index in [1.165, 1.54) is 30.6 Å². The van der Waals surface area contributed by atoms with Crippen LogP contribution < -0.4 is 10.2 Å². The zero-order valence-electron chi connectivity index (χ0n) is 11.4. The molecule has 1 saturated heterocycles. The number of piperidine rings is 1. The zero-order chi connectivity index (χ0) is 12.9. The number of nitrogens with one attached hydrogen (secondary N) is 1. The molecule has 2 heteroatoms. The molecule has 1 aromatic rings. The van der Waals surface area contributed by atoms with Crippen molar-refractivity contribution >= 4 is 5.69 Å². The lowest BCUT2D eigenvalue weighted by molar-refractivity contribution is 0.441. The van der Waals surface area contributed by atoms with Gasteiger partial charge >= 0.3 is 0 Å². The topological polar surface area (TPSA) is 15.3 Å². The average molecular weight is 254 g/mol. The van der Waals surface area contributed by atoms with Crippen LogP contribution in [0.4, 0.5) is 5.69 Å². The van der Waals surface area contributed by atoms with Crippen molar-refractivity contribution in [2.24, 2.45) is 0 Å². The number of rotatable bonds is 3. The Bertz CT molecular complexity index is 455. The monoisotopic (exact) mass is 254 g/mol. The van der Waals surface area contributed by atoms with Crippen molar-refractivity contribution in [1.29, 1.82) is 0 Å². The highest BCUT2D eigenvalue weighted by atomic mass is 15.2. The highest BCUT2D eigenvalue weighted by Crippen LogP contribution is 2.29. The molecule has 2 nitrogen and oxygen atoms in total. The summed E-state index contributed by atoms with van der Waals surface area (Å²) in [5.41, 5.74) is 2.82. The van der Waals surface area contributed by atoms with Crippen molar-refractivity contribution < 1.29 is 0 Å². The summed E-state index contributed by atoms with van der Waals surface area (Å²) in [4.78, 5) is 2.57. The van der Waals surface area contributed by atoms with Crippen LogP contribution in [0.2, 0.25) is 0 Å². The van der Waals surface area contributed by atoms with Crippen molar-refractivity contribution in [1.82, 2.24) is 5.32 Å². The van der Waals surface area contributed by atoms with Gasteiger partial charge in [0, 0.05) is 17.4 Å². The van der Waals surface area contributed by atoms with Gasteiger partial charge in [0.2, 0.25) is 0 Å². The van der Waals surface area contributed by atoms with E-state index in [-0.39, 0.29) is 0 Å². The summed E-state index contributed by atoms with van der Waals surface area (Å²) in [7, 11) is 0. The second-order valence-corrected chi connectivity index (χ2v) is 5.31. The number of benzene rings is 1. The molecule has 0 radical (unpaired) electrons. The molecule has 2 aliphatic rings. The molecule has 1 heterocycles. The van der Waals surface area contributed by atoms with Gasteiger partial charge in [-0.3, -0.25) is 0 Å². The predicted octanol–water partition coefficient (Wildman–Crippen LogP) is 3.48. The second-order valence-electron chi connectivity index (χ2n) is 5.31. The molecule has 0 atom stereocenters. The van der Waals surface area contributed by atoms with E-state index in [0.29, 0.717) is 6.04 Å². The fourth-order valence-corrected chi connectivity index (χ4v) is 3.06. The zero-order valence-corrected chi connectivity index (χ0v) is 11.4. The van der Waals surface area contributed by atoms with Gasteiger partial charge in [-0.05, 0) is 57.0 Å². The largest absolute Gasteiger partial charge is 0.342 e. The van der Waals surface area contributed by atoms with Gasteiger partial charge in [0.1, 0.15) is 0 Å². The van der Waals surface area contributed by atoms with Gasteiger partial charge in [-0.15, -0.1) is 0 Å². The molecule has 0 amide bonds. The number of hydrogen-bond donors (Lipinski definition) is 1. The molecule has 0 spiro atoms. The third-order valence-corrected chi connectivity index (χ3v) is 4.01. The Labute approximate surface area is 115 Å². The second kappa shape index (κ2) is 6.07. The maximum atomic E-state index is 3.46. The first-order chi connectivity index (χ1) is 9.45. The van der Waals surface area contributed by atoms with Crippen LogP contribution in [-0.2, 0) is 0 Å². The van der Waals surface area contributed by atoms with Crippen LogP contribution >= 0.6 is 0 Å². The quantitative estimate of drug-likeness (QED) is 0.888. The van der Waals surface area contributed by atoms with Crippen molar-refractivity contribution in [3.05, 3.63) is 54.3 Å². The van der Waals surface area contributed by atoms with Crippen LogP contribution in [-0.4, -0.2) is 19.1 Å². The van der Waals surface area contributed by atoms with Crippen molar-refractivity contribution in [3.8, 4) is 0 Å². The Morgan fingerprint density at radius 3 is 2.53 bits per heavy atom. The molecule has 1 aliphatic heterocycles. The van der Waals surface area contributed by atoms with Crippen LogP contribution in [0.25, 0.3) is 0 Å². The molecule has 1 aliphatic carbocycles. The number of para-hydroxylation sites is 1. The van der Waals surface area contributed by atoms with Crippen LogP contribution in [0.15, 0.2) is 54.3 Å². The summed E-state index contributed by atoms with van der Waals surface area (Å²) < 4.78 is 0. The summed E-state index contributed by atoms with van der Waals surface area (Å²) in [5.74, 6) is 0. The molecule has 0 saturated carbocycles. The third kappa shape index (κ3) is 2.90. The summed E-state index contributed by atoms with van der Waals surface area (Å²) in [5, 5.41) is 3.46. The van der Waals surface area contributed by atoms with E-state index in [2.05, 4.69) is 58.8 Å². The Morgan fingerprint density at radius 1 is 1.05 bits per heavy atom. The van der Waals surface area contributed by atoms with E-state index in [1.54, 1.807) is 0 Å². The predicted molar refractivity (Wildman–Crippen MR) is 81.3 cm³/mol. The normalized spacial score (nSPS) is 20.1. The fraction of sp³-hybridized carbons (Fsp3) is 0.412. The molecular weight excluding hydrogens is 232 g/mol. The SMILES string of the molecule is C1=CCCC(N(c2ccccc2)C2CCNCC2)=C1. The molecule has 100 valence electrons. The summed E-state index contributed by atoms with van der Waals surface area (Å²) in [6, 6.07) is 11.5. The average Bonchev–Trinajstić information content (AvgIpc) is 2.51. The fourth-order valence-electron chi connectivity index (χ4n) is 3.06. The smallest absolute Gasteiger partial charge is 0.0410 e. The summed E-state index contributed by atoms with van der Waals surface area (Å²) in [6.07, 6.45) is 11.5. The minimum Gasteiger partial charge on any atom is -0.342 e. The van der Waals surface area contributed by atoms with Gasteiger partial charge in [0.25, 0.3) is 0 Å². The molecule has 1 fully saturated rings. The molecule has 0 unspecified atom stereocenters. The maximum Gasteiger partial charge on any atom is 0.0410 e. The molecule has 19 heavy (non-hydrogen) atoms. The van der Waals surface area contributed by atoms with Crippen molar-refractivity contribution in [3.63, 3.8) is 0 Å². The lowest BCUT2D eigenvalue weighted by Gasteiger charge is -2.38. The van der Waals surface area contributed by atoms with Gasteiger partial charge in [-0.2, -0.15) is 0 Å². The van der Waals surface area contributed by atoms with E-state index in [4.69, 9.17) is 0 Å². The van der Waals surface area contributed by atoms with E-state index < -0.39 is 0 Å². The standard InChI is InChI=1S/C17H22N2/c1-3-7-15(8-4-1)19(16-9-5-2-6-10-16)17-11-13-18-14-12-17/h1-5,7-9,17-18H,6,10-14H2. The first-order valence-corrected chi connectivity index (χ1v) is 7.36. The van der Waals surface area contributed by atoms with E-state index in [0.717, 1.165) is 19.5 Å². The molecule has 1 N–H and O–H groups in total. The number of anilines is 1. The Balaban J connectivity index is 1.90. The Hall–Kier alpha value is -1.54. The van der Waals surface area contributed by atoms with Gasteiger partial charge in [-0.25, -0.2) is 0 Å². The maximum absolute atomic E-state index is 3.46. The first kappa shape index (κ1) is 12.5. The summed E-state index contributed by atoms with van der Waals surface area (Å²) >= 11 is 0. The van der Waals surface area contributed by atoms with Crippen LogP contribution in [0.1, 0.15) is 25.7 Å². The van der Waals surface area contributed by atoms with Gasteiger partial charge in [0.05, 0.1) is 0 Å². The van der Waals surface area contributed by atoms with E-state index in [9.17, 15) is 0 Å². The van der Waals surface area contributed by atoms with Gasteiger partial charge in [-0.1, -0.05) is 30.4 Å². The number of nitrogens with zero attached hydrogens (tertiary/aromatic N) is 1. The molecule has 3 rings (SSSR count). The lowest BCUT2D eigenvalue weighted by Crippen LogP contribution is -2.43. The molecule has 0 bridgehead atoms. The minimum atomic E-state index is 0.640. The van der Waals surface area contributed by atoms with Crippen LogP contribution in [0, 0.1) is 0 Å². The Kier molecular flexibility index (Phi) is 3.99. The van der Waals surface area contributed by atoms with Gasteiger partial charge < -0.3 is 10.2 Å². The van der Waals surface area contributed by atoms with Crippen LogP contribution in [0.3, 0.4) is 0 Å². The van der Waals surface area contributed by atoms with E-state index in [1.807, 2.05) is 0 Å². The molecular formula is C17H22N2. The first-order valence-electron chi connectivity index (χ1n) is 7.36. The third-order valence-electron chi connectivity index (χ3n) is 4.01. The van der Waals surface area contributed by atoms with Crippen LogP contribution in [0.5, 0.6) is 0 Å². The summed E-state index contributed by atoms with van der Waals surface area (Å²) in [6.45, 7) is 2.27. The van der Waals surface area contributed by atoms with Crippen molar-refractivity contribution in [2.45, 2.75) is 31.7 Å². The minimum absolute atomic E-state index is 0.640. The highest BCUT2D eigenvalue weighted by molar-refractivity contribution is 5.54. The molecule has 0 aromatic heterocycles. The number of hydrogen-bond acceptors (Lipinski definition) is 2. The Morgan fingerprint density at radius 2 is 1.84 bits per heavy atom. The lowest BCUT2D eigenvalue weighted by atomic mass is 10.00.